The fraction of sp³-hybridized carbons (Fsp3) is 0.462. The Morgan fingerprint density at radius 1 is 1.35 bits per heavy atom. The van der Waals surface area contributed by atoms with Gasteiger partial charge in [-0.15, -0.1) is 0 Å². The fourth-order valence-electron chi connectivity index (χ4n) is 2.61. The van der Waals surface area contributed by atoms with E-state index in [1.165, 1.54) is 18.4 Å². The van der Waals surface area contributed by atoms with Gasteiger partial charge in [-0.3, -0.25) is 9.88 Å². The van der Waals surface area contributed by atoms with Gasteiger partial charge >= 0.3 is 5.69 Å². The predicted octanol–water partition coefficient (Wildman–Crippen LogP) is 1.91. The average Bonchev–Trinajstić information content (AvgIpc) is 2.65. The summed E-state index contributed by atoms with van der Waals surface area (Å²) >= 11 is 0. The largest absolute Gasteiger partial charge is 0.327 e. The molecule has 90 valence electrons. The SMILES string of the molecule is Cc1ccc2c(c1)[nH]c(=O)n2C1CCCCN1. The molecule has 0 amide bonds. The Kier molecular flexibility index (Phi) is 2.52. The molecular weight excluding hydrogens is 214 g/mol. The van der Waals surface area contributed by atoms with Crippen LogP contribution in [0.25, 0.3) is 11.0 Å². The second kappa shape index (κ2) is 4.04. The average molecular weight is 231 g/mol. The van der Waals surface area contributed by atoms with Crippen LogP contribution in [0.1, 0.15) is 31.0 Å². The van der Waals surface area contributed by atoms with E-state index in [2.05, 4.69) is 16.4 Å². The first kappa shape index (κ1) is 10.6. The molecule has 2 heterocycles. The van der Waals surface area contributed by atoms with E-state index in [0.29, 0.717) is 0 Å². The van der Waals surface area contributed by atoms with Crippen LogP contribution in [-0.4, -0.2) is 16.1 Å². The third-order valence-electron chi connectivity index (χ3n) is 3.47. The van der Waals surface area contributed by atoms with Crippen LogP contribution in [0.15, 0.2) is 23.0 Å². The number of aromatic amines is 1. The Labute approximate surface area is 99.6 Å². The van der Waals surface area contributed by atoms with Gasteiger partial charge in [0.15, 0.2) is 0 Å². The van der Waals surface area contributed by atoms with Gasteiger partial charge in [0.1, 0.15) is 0 Å². The molecule has 0 aliphatic carbocycles. The number of aromatic nitrogens is 2. The normalized spacial score (nSPS) is 20.9. The maximum absolute atomic E-state index is 12.0. The molecule has 1 aromatic heterocycles. The zero-order valence-electron chi connectivity index (χ0n) is 9.99. The number of nitrogens with one attached hydrogen (secondary N) is 2. The van der Waals surface area contributed by atoms with E-state index < -0.39 is 0 Å². The predicted molar refractivity (Wildman–Crippen MR) is 68.2 cm³/mol. The zero-order valence-corrected chi connectivity index (χ0v) is 9.99. The molecule has 1 saturated heterocycles. The number of piperidine rings is 1. The van der Waals surface area contributed by atoms with Crippen molar-refractivity contribution in [2.45, 2.75) is 32.4 Å². The number of hydrogen-bond acceptors (Lipinski definition) is 2. The lowest BCUT2D eigenvalue weighted by Crippen LogP contribution is -2.36. The first-order valence-corrected chi connectivity index (χ1v) is 6.20. The lowest BCUT2D eigenvalue weighted by molar-refractivity contribution is 0.321. The van der Waals surface area contributed by atoms with Crippen molar-refractivity contribution >= 4 is 11.0 Å². The molecule has 0 radical (unpaired) electrons. The molecule has 1 aliphatic rings. The summed E-state index contributed by atoms with van der Waals surface area (Å²) in [5.41, 5.74) is 3.09. The third kappa shape index (κ3) is 1.78. The summed E-state index contributed by atoms with van der Waals surface area (Å²) in [6, 6.07) is 6.10. The zero-order chi connectivity index (χ0) is 11.8. The molecule has 1 aliphatic heterocycles. The summed E-state index contributed by atoms with van der Waals surface area (Å²) in [6.07, 6.45) is 3.56. The highest BCUT2D eigenvalue weighted by Gasteiger charge is 2.18. The first-order chi connectivity index (χ1) is 8.25. The molecule has 1 aromatic carbocycles. The highest BCUT2D eigenvalue weighted by molar-refractivity contribution is 5.76. The van der Waals surface area contributed by atoms with Gasteiger partial charge in [0, 0.05) is 0 Å². The monoisotopic (exact) mass is 231 g/mol. The van der Waals surface area contributed by atoms with Gasteiger partial charge in [-0.05, 0) is 50.4 Å². The number of fused-ring (bicyclic) bond motifs is 1. The summed E-state index contributed by atoms with van der Waals surface area (Å²) in [6.45, 7) is 3.03. The van der Waals surface area contributed by atoms with Crippen LogP contribution in [-0.2, 0) is 0 Å². The maximum Gasteiger partial charge on any atom is 0.327 e. The summed E-state index contributed by atoms with van der Waals surface area (Å²) in [7, 11) is 0. The van der Waals surface area contributed by atoms with Crippen LogP contribution in [0.2, 0.25) is 0 Å². The molecule has 2 aromatic rings. The van der Waals surface area contributed by atoms with Gasteiger partial charge in [0.2, 0.25) is 0 Å². The molecule has 2 N–H and O–H groups in total. The standard InChI is InChI=1S/C13H17N3O/c1-9-5-6-11-10(8-9)15-13(17)16(11)12-4-2-3-7-14-12/h5-6,8,12,14H,2-4,7H2,1H3,(H,15,17). The van der Waals surface area contributed by atoms with Gasteiger partial charge in [0.25, 0.3) is 0 Å². The first-order valence-electron chi connectivity index (χ1n) is 6.20. The van der Waals surface area contributed by atoms with Gasteiger partial charge in [-0.25, -0.2) is 4.79 Å². The molecule has 4 nitrogen and oxygen atoms in total. The number of imidazole rings is 1. The Morgan fingerprint density at radius 3 is 3.00 bits per heavy atom. The molecule has 0 spiro atoms. The van der Waals surface area contributed by atoms with E-state index in [1.807, 2.05) is 23.6 Å². The molecule has 1 unspecified atom stereocenters. The van der Waals surface area contributed by atoms with Gasteiger partial charge in [-0.1, -0.05) is 6.07 Å². The topological polar surface area (TPSA) is 49.8 Å². The van der Waals surface area contributed by atoms with Gasteiger partial charge in [0.05, 0.1) is 17.2 Å². The van der Waals surface area contributed by atoms with Crippen LogP contribution < -0.4 is 11.0 Å². The van der Waals surface area contributed by atoms with Gasteiger partial charge < -0.3 is 4.98 Å². The summed E-state index contributed by atoms with van der Waals surface area (Å²) < 4.78 is 1.86. The number of benzene rings is 1. The highest BCUT2D eigenvalue weighted by atomic mass is 16.1. The van der Waals surface area contributed by atoms with Crippen LogP contribution in [0.4, 0.5) is 0 Å². The van der Waals surface area contributed by atoms with Gasteiger partial charge in [-0.2, -0.15) is 0 Å². The fourth-order valence-corrected chi connectivity index (χ4v) is 2.61. The van der Waals surface area contributed by atoms with E-state index in [4.69, 9.17) is 0 Å². The van der Waals surface area contributed by atoms with E-state index in [-0.39, 0.29) is 11.9 Å². The quantitative estimate of drug-likeness (QED) is 0.787. The Morgan fingerprint density at radius 2 is 2.24 bits per heavy atom. The lowest BCUT2D eigenvalue weighted by atomic mass is 10.1. The van der Waals surface area contributed by atoms with Crippen LogP contribution in [0.3, 0.4) is 0 Å². The number of rotatable bonds is 1. The number of nitrogens with zero attached hydrogens (tertiary/aromatic N) is 1. The Hall–Kier alpha value is -1.55. The van der Waals surface area contributed by atoms with Crippen LogP contribution >= 0.6 is 0 Å². The van der Waals surface area contributed by atoms with Crippen molar-refractivity contribution in [2.75, 3.05) is 6.54 Å². The Bertz CT molecular complexity index is 590. The summed E-state index contributed by atoms with van der Waals surface area (Å²) in [5, 5.41) is 3.41. The molecule has 1 fully saturated rings. The number of hydrogen-bond donors (Lipinski definition) is 2. The number of H-pyrrole nitrogens is 1. The number of aryl methyl sites for hydroxylation is 1. The molecule has 0 bridgehead atoms. The lowest BCUT2D eigenvalue weighted by Gasteiger charge is -2.24. The van der Waals surface area contributed by atoms with Crippen molar-refractivity contribution in [2.24, 2.45) is 0 Å². The van der Waals surface area contributed by atoms with Crippen molar-refractivity contribution in [3.63, 3.8) is 0 Å². The van der Waals surface area contributed by atoms with Crippen LogP contribution in [0, 0.1) is 6.92 Å². The molecule has 0 saturated carbocycles. The minimum Gasteiger partial charge on any atom is -0.305 e. The minimum absolute atomic E-state index is 0.00926. The second-order valence-corrected chi connectivity index (χ2v) is 4.79. The van der Waals surface area contributed by atoms with E-state index >= 15 is 0 Å². The van der Waals surface area contributed by atoms with Crippen molar-refractivity contribution in [1.82, 2.24) is 14.9 Å². The highest BCUT2D eigenvalue weighted by Crippen LogP contribution is 2.20. The third-order valence-corrected chi connectivity index (χ3v) is 3.47. The van der Waals surface area contributed by atoms with E-state index in [0.717, 1.165) is 24.0 Å². The van der Waals surface area contributed by atoms with Crippen molar-refractivity contribution in [3.8, 4) is 0 Å². The smallest absolute Gasteiger partial charge is 0.305 e. The minimum atomic E-state index is -0.00926. The van der Waals surface area contributed by atoms with Crippen molar-refractivity contribution < 1.29 is 0 Å². The van der Waals surface area contributed by atoms with E-state index in [9.17, 15) is 4.79 Å². The summed E-state index contributed by atoms with van der Waals surface area (Å²) in [4.78, 5) is 14.9. The molecule has 17 heavy (non-hydrogen) atoms. The molecule has 3 rings (SSSR count). The van der Waals surface area contributed by atoms with Crippen molar-refractivity contribution in [1.29, 1.82) is 0 Å². The molecule has 1 atom stereocenters. The Balaban J connectivity index is 2.14. The van der Waals surface area contributed by atoms with Crippen molar-refractivity contribution in [3.05, 3.63) is 34.2 Å². The molecule has 4 heteroatoms. The summed E-state index contributed by atoms with van der Waals surface area (Å²) in [5.74, 6) is 0. The van der Waals surface area contributed by atoms with E-state index in [1.54, 1.807) is 0 Å². The molecular formula is C13H17N3O. The maximum atomic E-state index is 12.0. The van der Waals surface area contributed by atoms with Crippen LogP contribution in [0.5, 0.6) is 0 Å². The second-order valence-electron chi connectivity index (χ2n) is 4.79.